The van der Waals surface area contributed by atoms with Crippen molar-refractivity contribution in [3.63, 3.8) is 0 Å². The molecule has 0 aromatic heterocycles. The molecule has 0 unspecified atom stereocenters. The third-order valence-corrected chi connectivity index (χ3v) is 3.58. The van der Waals surface area contributed by atoms with E-state index < -0.39 is 17.8 Å². The number of ether oxygens (including phenoxy) is 1. The lowest BCUT2D eigenvalue weighted by atomic mass is 10.1. The average Bonchev–Trinajstić information content (AvgIpc) is 2.42. The highest BCUT2D eigenvalue weighted by molar-refractivity contribution is 9.10. The lowest BCUT2D eigenvalue weighted by molar-refractivity contribution is 0.0332. The first-order valence-corrected chi connectivity index (χ1v) is 6.76. The Morgan fingerprint density at radius 2 is 1.85 bits per heavy atom. The molecule has 2 N–H and O–H groups in total. The van der Waals surface area contributed by atoms with Crippen molar-refractivity contribution in [1.82, 2.24) is 0 Å². The molecule has 104 valence electrons. The van der Waals surface area contributed by atoms with Crippen LogP contribution in [-0.2, 0) is 4.74 Å². The van der Waals surface area contributed by atoms with Crippen LogP contribution in [0.4, 0.5) is 0 Å². The highest BCUT2D eigenvalue weighted by Gasteiger charge is 2.19. The molecular formula is C15H13BrO4. The summed E-state index contributed by atoms with van der Waals surface area (Å²) < 4.78 is 6.13. The minimum absolute atomic E-state index is 0.0658. The molecule has 1 atom stereocenters. The fourth-order valence-corrected chi connectivity index (χ4v) is 2.40. The fourth-order valence-electron chi connectivity index (χ4n) is 1.79. The molecule has 4 nitrogen and oxygen atoms in total. The Hall–Kier alpha value is -2.01. The molecule has 2 aromatic rings. The van der Waals surface area contributed by atoms with Crippen molar-refractivity contribution in [2.24, 2.45) is 0 Å². The molecule has 0 saturated carbocycles. The minimum atomic E-state index is -0.693. The first kappa shape index (κ1) is 14.4. The maximum atomic E-state index is 12.0. The number of phenols is 2. The largest absolute Gasteiger partial charge is 0.504 e. The van der Waals surface area contributed by atoms with Crippen LogP contribution >= 0.6 is 15.9 Å². The van der Waals surface area contributed by atoms with Crippen molar-refractivity contribution >= 4 is 21.9 Å². The van der Waals surface area contributed by atoms with Crippen molar-refractivity contribution in [2.75, 3.05) is 0 Å². The van der Waals surface area contributed by atoms with Gasteiger partial charge in [0, 0.05) is 10.0 Å². The Kier molecular flexibility index (Phi) is 4.29. The molecule has 0 aliphatic rings. The van der Waals surface area contributed by atoms with E-state index in [0.29, 0.717) is 0 Å². The molecule has 0 fully saturated rings. The molecule has 5 heteroatoms. The number of phenolic OH excluding ortho intramolecular Hbond substituents is 2. The van der Waals surface area contributed by atoms with Gasteiger partial charge in [0.25, 0.3) is 0 Å². The van der Waals surface area contributed by atoms with Crippen LogP contribution in [0.1, 0.15) is 28.9 Å². The quantitative estimate of drug-likeness (QED) is 0.661. The Morgan fingerprint density at radius 1 is 1.15 bits per heavy atom. The molecule has 2 rings (SSSR count). The van der Waals surface area contributed by atoms with Crippen molar-refractivity contribution in [3.8, 4) is 11.5 Å². The Bertz CT molecular complexity index is 640. The summed E-state index contributed by atoms with van der Waals surface area (Å²) in [7, 11) is 0. The zero-order chi connectivity index (χ0) is 14.7. The zero-order valence-corrected chi connectivity index (χ0v) is 12.3. The third kappa shape index (κ3) is 2.93. The Balaban J connectivity index is 2.20. The van der Waals surface area contributed by atoms with Gasteiger partial charge in [-0.05, 0) is 25.1 Å². The van der Waals surface area contributed by atoms with Gasteiger partial charge in [0.05, 0.1) is 0 Å². The smallest absolute Gasteiger partial charge is 0.342 e. The van der Waals surface area contributed by atoms with Crippen LogP contribution in [0.5, 0.6) is 11.5 Å². The molecule has 0 aliphatic carbocycles. The number of para-hydroxylation sites is 1. The van der Waals surface area contributed by atoms with E-state index in [0.717, 1.165) is 10.0 Å². The highest BCUT2D eigenvalue weighted by Crippen LogP contribution is 2.31. The Labute approximate surface area is 124 Å². The number of hydrogen-bond donors (Lipinski definition) is 2. The molecule has 0 radical (unpaired) electrons. The summed E-state index contributed by atoms with van der Waals surface area (Å²) in [4.78, 5) is 12.0. The van der Waals surface area contributed by atoms with Gasteiger partial charge in [-0.3, -0.25) is 0 Å². The van der Waals surface area contributed by atoms with E-state index in [-0.39, 0.29) is 11.3 Å². The van der Waals surface area contributed by atoms with Gasteiger partial charge in [-0.25, -0.2) is 4.79 Å². The van der Waals surface area contributed by atoms with E-state index in [4.69, 9.17) is 4.74 Å². The number of aromatic hydroxyl groups is 2. The van der Waals surface area contributed by atoms with Crippen molar-refractivity contribution < 1.29 is 19.7 Å². The molecule has 0 spiro atoms. The van der Waals surface area contributed by atoms with E-state index in [2.05, 4.69) is 15.9 Å². The molecule has 0 saturated heterocycles. The second kappa shape index (κ2) is 5.96. The molecule has 20 heavy (non-hydrogen) atoms. The van der Waals surface area contributed by atoms with Crippen LogP contribution in [0.2, 0.25) is 0 Å². The fraction of sp³-hybridized carbons (Fsp3) is 0.133. The van der Waals surface area contributed by atoms with Crippen LogP contribution in [0.3, 0.4) is 0 Å². The second-order valence-corrected chi connectivity index (χ2v) is 5.10. The average molecular weight is 337 g/mol. The predicted octanol–water partition coefficient (Wildman–Crippen LogP) is 3.78. The topological polar surface area (TPSA) is 66.8 Å². The van der Waals surface area contributed by atoms with Crippen molar-refractivity contribution in [2.45, 2.75) is 13.0 Å². The first-order chi connectivity index (χ1) is 9.50. The van der Waals surface area contributed by atoms with Crippen LogP contribution in [0, 0.1) is 0 Å². The van der Waals surface area contributed by atoms with Gasteiger partial charge in [0.1, 0.15) is 11.7 Å². The van der Waals surface area contributed by atoms with E-state index in [9.17, 15) is 15.0 Å². The summed E-state index contributed by atoms with van der Waals surface area (Å²) in [5.74, 6) is -1.52. The lowest BCUT2D eigenvalue weighted by Crippen LogP contribution is -2.09. The molecule has 0 heterocycles. The monoisotopic (exact) mass is 336 g/mol. The van der Waals surface area contributed by atoms with Gasteiger partial charge in [-0.1, -0.05) is 40.2 Å². The molecule has 0 aliphatic heterocycles. The summed E-state index contributed by atoms with van der Waals surface area (Å²) in [6.45, 7) is 1.73. The number of benzene rings is 2. The SMILES string of the molecule is C[C@H](OC(=O)c1cccc(O)c1O)c1ccccc1Br. The number of hydrogen-bond acceptors (Lipinski definition) is 4. The number of halogens is 1. The summed E-state index contributed by atoms with van der Waals surface area (Å²) >= 11 is 3.39. The maximum absolute atomic E-state index is 12.0. The van der Waals surface area contributed by atoms with Gasteiger partial charge in [-0.2, -0.15) is 0 Å². The minimum Gasteiger partial charge on any atom is -0.504 e. The molecule has 2 aromatic carbocycles. The summed E-state index contributed by atoms with van der Waals surface area (Å²) in [6.07, 6.45) is -0.486. The zero-order valence-electron chi connectivity index (χ0n) is 10.7. The van der Waals surface area contributed by atoms with E-state index in [1.165, 1.54) is 18.2 Å². The standard InChI is InChI=1S/C15H13BrO4/c1-9(10-5-2-3-7-12(10)16)20-15(19)11-6-4-8-13(17)14(11)18/h2-9,17-18H,1H3/t9-/m0/s1. The van der Waals surface area contributed by atoms with Crippen LogP contribution < -0.4 is 0 Å². The van der Waals surface area contributed by atoms with Gasteiger partial charge >= 0.3 is 5.97 Å². The van der Waals surface area contributed by atoms with Crippen molar-refractivity contribution in [3.05, 3.63) is 58.1 Å². The van der Waals surface area contributed by atoms with Crippen LogP contribution in [-0.4, -0.2) is 16.2 Å². The van der Waals surface area contributed by atoms with Gasteiger partial charge < -0.3 is 14.9 Å². The second-order valence-electron chi connectivity index (χ2n) is 4.24. The molecule has 0 bridgehead atoms. The molecule has 0 amide bonds. The maximum Gasteiger partial charge on any atom is 0.342 e. The summed E-state index contributed by atoms with van der Waals surface area (Å²) in [6, 6.07) is 11.6. The summed E-state index contributed by atoms with van der Waals surface area (Å²) in [5.41, 5.74) is 0.754. The van der Waals surface area contributed by atoms with E-state index >= 15 is 0 Å². The Morgan fingerprint density at radius 3 is 2.55 bits per heavy atom. The number of carbonyl (C=O) groups is 1. The van der Waals surface area contributed by atoms with E-state index in [1.807, 2.05) is 24.3 Å². The van der Waals surface area contributed by atoms with Crippen LogP contribution in [0.15, 0.2) is 46.9 Å². The number of carbonyl (C=O) groups excluding carboxylic acids is 1. The van der Waals surface area contributed by atoms with Gasteiger partial charge in [0.15, 0.2) is 11.5 Å². The molecular weight excluding hydrogens is 324 g/mol. The number of rotatable bonds is 3. The third-order valence-electron chi connectivity index (χ3n) is 2.86. The normalized spacial score (nSPS) is 11.9. The van der Waals surface area contributed by atoms with Gasteiger partial charge in [-0.15, -0.1) is 0 Å². The van der Waals surface area contributed by atoms with Gasteiger partial charge in [0.2, 0.25) is 0 Å². The van der Waals surface area contributed by atoms with E-state index in [1.54, 1.807) is 6.92 Å². The van der Waals surface area contributed by atoms with Crippen LogP contribution in [0.25, 0.3) is 0 Å². The number of esters is 1. The highest BCUT2D eigenvalue weighted by atomic mass is 79.9. The summed E-state index contributed by atoms with van der Waals surface area (Å²) in [5, 5.41) is 19.0. The lowest BCUT2D eigenvalue weighted by Gasteiger charge is -2.15. The van der Waals surface area contributed by atoms with Crippen molar-refractivity contribution in [1.29, 1.82) is 0 Å². The predicted molar refractivity (Wildman–Crippen MR) is 77.7 cm³/mol. The first-order valence-electron chi connectivity index (χ1n) is 5.97.